The maximum absolute atomic E-state index is 14.3. The lowest BCUT2D eigenvalue weighted by atomic mass is 9.72. The molecule has 1 spiro atoms. The molecule has 2 bridgehead atoms. The summed E-state index contributed by atoms with van der Waals surface area (Å²) in [5.41, 5.74) is 4.07. The first-order valence-electron chi connectivity index (χ1n) is 21.5. The lowest BCUT2D eigenvalue weighted by Gasteiger charge is -2.54. The Balaban J connectivity index is 0.705. The molecule has 6 aromatic rings. The number of fused-ring (bicyclic) bond motifs is 4. The van der Waals surface area contributed by atoms with E-state index < -0.39 is 30.0 Å². The summed E-state index contributed by atoms with van der Waals surface area (Å²) in [5.74, 6) is -0.647. The van der Waals surface area contributed by atoms with Crippen molar-refractivity contribution >= 4 is 45.9 Å². The van der Waals surface area contributed by atoms with Crippen LogP contribution >= 0.6 is 0 Å². The molecule has 19 heteroatoms. The first kappa shape index (κ1) is 39.5. The molecule has 5 aliphatic heterocycles. The van der Waals surface area contributed by atoms with Gasteiger partial charge in [-0.05, 0) is 79.6 Å². The highest BCUT2D eigenvalue weighted by Crippen LogP contribution is 2.42. The van der Waals surface area contributed by atoms with Gasteiger partial charge in [0.15, 0.2) is 11.3 Å². The Morgan fingerprint density at radius 3 is 2.57 bits per heavy atom. The van der Waals surface area contributed by atoms with E-state index in [4.69, 9.17) is 9.72 Å². The number of imidazole rings is 1. The van der Waals surface area contributed by atoms with Gasteiger partial charge in [-0.1, -0.05) is 24.3 Å². The number of aryl methyl sites for hydroxylation is 1. The molecule has 11 rings (SSSR count). The molecule has 2 aromatic carbocycles. The SMILES string of the molecule is Cn1c(=O)n(C2CCC(=O)NC2=O)c2cccc(CN3CC4(CCN(Cc5ccc(-n6cc(NC(=O)c7cnn8ccc(N9C[C@H]%10C[C@@H]9CO%10)nc78)c(C(F)F)n6)cc5)CC4)C3)c21. The number of hydrogen-bond acceptors (Lipinski definition) is 11. The Morgan fingerprint density at radius 1 is 1.03 bits per heavy atom. The van der Waals surface area contributed by atoms with Gasteiger partial charge in [-0.15, -0.1) is 0 Å². The topological polar surface area (TPSA) is 169 Å². The lowest BCUT2D eigenvalue weighted by Crippen LogP contribution is -2.59. The van der Waals surface area contributed by atoms with Crippen LogP contribution in [0.1, 0.15) is 71.8 Å². The molecular formula is C44H46F2N12O5. The van der Waals surface area contributed by atoms with Gasteiger partial charge in [0.1, 0.15) is 17.4 Å². The zero-order valence-corrected chi connectivity index (χ0v) is 34.6. The predicted molar refractivity (Wildman–Crippen MR) is 226 cm³/mol. The van der Waals surface area contributed by atoms with Crippen molar-refractivity contribution in [2.45, 2.75) is 69.8 Å². The molecule has 5 saturated heterocycles. The number of likely N-dealkylation sites (tertiary alicyclic amines) is 2. The summed E-state index contributed by atoms with van der Waals surface area (Å²) < 4.78 is 40.3. The van der Waals surface area contributed by atoms with Gasteiger partial charge in [0.2, 0.25) is 11.8 Å². The van der Waals surface area contributed by atoms with Gasteiger partial charge in [0, 0.05) is 52.4 Å². The number of nitrogens with one attached hydrogen (secondary N) is 2. The number of piperidine rings is 2. The van der Waals surface area contributed by atoms with Crippen LogP contribution in [0.5, 0.6) is 0 Å². The minimum Gasteiger partial charge on any atom is -0.374 e. The number of morpholine rings is 1. The molecule has 2 N–H and O–H groups in total. The van der Waals surface area contributed by atoms with Crippen LogP contribution < -0.4 is 21.2 Å². The zero-order valence-electron chi connectivity index (χ0n) is 34.6. The van der Waals surface area contributed by atoms with Gasteiger partial charge in [-0.25, -0.2) is 27.8 Å². The van der Waals surface area contributed by atoms with Crippen LogP contribution in [0.4, 0.5) is 20.3 Å². The van der Waals surface area contributed by atoms with Crippen LogP contribution in [0.25, 0.3) is 22.4 Å². The van der Waals surface area contributed by atoms with Crippen molar-refractivity contribution in [3.63, 3.8) is 0 Å². The Kier molecular flexibility index (Phi) is 9.54. The summed E-state index contributed by atoms with van der Waals surface area (Å²) in [5, 5.41) is 13.5. The van der Waals surface area contributed by atoms with Crippen LogP contribution in [-0.2, 0) is 34.5 Å². The van der Waals surface area contributed by atoms with Crippen LogP contribution in [0.2, 0.25) is 0 Å². The summed E-state index contributed by atoms with van der Waals surface area (Å²) in [6.07, 6.45) is 5.35. The Labute approximate surface area is 359 Å². The van der Waals surface area contributed by atoms with E-state index in [2.05, 4.69) is 35.5 Å². The fourth-order valence-corrected chi connectivity index (χ4v) is 10.5. The number of carbonyl (C=O) groups excluding carboxylic acids is 3. The van der Waals surface area contributed by atoms with E-state index in [0.29, 0.717) is 42.2 Å². The average Bonchev–Trinajstić information content (AvgIpc) is 4.11. The molecule has 3 atom stereocenters. The monoisotopic (exact) mass is 860 g/mol. The largest absolute Gasteiger partial charge is 0.374 e. The molecule has 0 aliphatic carbocycles. The Morgan fingerprint density at radius 2 is 1.84 bits per heavy atom. The van der Waals surface area contributed by atoms with Gasteiger partial charge in [-0.3, -0.25) is 38.6 Å². The first-order valence-corrected chi connectivity index (χ1v) is 21.5. The van der Waals surface area contributed by atoms with Gasteiger partial charge < -0.3 is 15.0 Å². The Hall–Kier alpha value is -6.31. The summed E-state index contributed by atoms with van der Waals surface area (Å²) >= 11 is 0. The van der Waals surface area contributed by atoms with Crippen molar-refractivity contribution in [2.75, 3.05) is 49.5 Å². The molecule has 0 saturated carbocycles. The third-order valence-corrected chi connectivity index (χ3v) is 13.7. The van der Waals surface area contributed by atoms with Crippen molar-refractivity contribution in [1.82, 2.24) is 48.6 Å². The van der Waals surface area contributed by atoms with Crippen molar-refractivity contribution in [2.24, 2.45) is 12.5 Å². The van der Waals surface area contributed by atoms with Crippen molar-refractivity contribution < 1.29 is 27.9 Å². The normalized spacial score (nSPS) is 22.5. The third kappa shape index (κ3) is 6.98. The van der Waals surface area contributed by atoms with E-state index in [-0.39, 0.29) is 46.8 Å². The predicted octanol–water partition coefficient (Wildman–Crippen LogP) is 3.81. The van der Waals surface area contributed by atoms with Crippen molar-refractivity contribution in [3.8, 4) is 5.69 Å². The number of hydrogen-bond donors (Lipinski definition) is 2. The van der Waals surface area contributed by atoms with E-state index in [1.807, 2.05) is 48.5 Å². The number of benzene rings is 2. The second-order valence-electron chi connectivity index (χ2n) is 17.8. The number of alkyl halides is 2. The minimum absolute atomic E-state index is 0.0908. The molecule has 3 amide bonds. The maximum atomic E-state index is 14.3. The van der Waals surface area contributed by atoms with Gasteiger partial charge in [-0.2, -0.15) is 10.2 Å². The molecule has 9 heterocycles. The highest BCUT2D eigenvalue weighted by Gasteiger charge is 2.45. The number of aromatic nitrogens is 7. The lowest BCUT2D eigenvalue weighted by molar-refractivity contribution is -0.135. The number of rotatable bonds is 10. The number of ether oxygens (including phenoxy) is 1. The van der Waals surface area contributed by atoms with E-state index in [0.717, 1.165) is 75.2 Å². The maximum Gasteiger partial charge on any atom is 0.329 e. The summed E-state index contributed by atoms with van der Waals surface area (Å²) in [6, 6.07) is 14.9. The molecule has 4 aromatic heterocycles. The standard InChI is InChI=1S/C44H46F2N12O5/c1-52-38-27(3-2-4-33(38)58(43(52)62)34-9-10-36(59)50-42(34)61)20-54-24-44(25-54)12-15-53(16-13-44)19-26-5-7-28(8-6-26)57-22-32(37(51-57)39(45)46)48-41(60)31-18-47-56-14-11-35(49-40(31)56)55-21-30-17-29(55)23-63-30/h2-8,11,14,18,22,29-30,34,39H,9-10,12-13,15-17,19-21,23-25H2,1H3,(H,48,60)(H,50,59,61)/t29-,30-,34?/m1/s1. The zero-order chi connectivity index (χ0) is 43.1. The summed E-state index contributed by atoms with van der Waals surface area (Å²) in [4.78, 5) is 63.1. The quantitative estimate of drug-likeness (QED) is 0.192. The first-order chi connectivity index (χ1) is 30.5. The van der Waals surface area contributed by atoms with Gasteiger partial charge in [0.05, 0.1) is 53.6 Å². The van der Waals surface area contributed by atoms with Crippen molar-refractivity contribution in [3.05, 3.63) is 100.0 Å². The fraction of sp³-hybridized carbons (Fsp3) is 0.432. The Bertz CT molecular complexity index is 2850. The second-order valence-corrected chi connectivity index (χ2v) is 17.8. The van der Waals surface area contributed by atoms with Crippen molar-refractivity contribution in [1.29, 1.82) is 0 Å². The van der Waals surface area contributed by atoms with Crippen LogP contribution in [0.15, 0.2) is 71.9 Å². The number of para-hydroxylation sites is 1. The number of imide groups is 1. The minimum atomic E-state index is -2.92. The smallest absolute Gasteiger partial charge is 0.329 e. The number of nitrogens with zero attached hydrogens (tertiary/aromatic N) is 10. The summed E-state index contributed by atoms with van der Waals surface area (Å²) in [7, 11) is 1.74. The molecule has 1 unspecified atom stereocenters. The molecule has 5 fully saturated rings. The van der Waals surface area contributed by atoms with Gasteiger partial charge in [0.25, 0.3) is 12.3 Å². The fourth-order valence-electron chi connectivity index (χ4n) is 10.5. The van der Waals surface area contributed by atoms with Crippen LogP contribution in [0, 0.1) is 5.41 Å². The number of amides is 3. The third-order valence-electron chi connectivity index (χ3n) is 13.7. The number of halogens is 2. The molecular weight excluding hydrogens is 815 g/mol. The van der Waals surface area contributed by atoms with Crippen LogP contribution in [-0.4, -0.2) is 113 Å². The van der Waals surface area contributed by atoms with E-state index in [1.54, 1.807) is 17.8 Å². The van der Waals surface area contributed by atoms with Gasteiger partial charge >= 0.3 is 5.69 Å². The van der Waals surface area contributed by atoms with E-state index >= 15 is 0 Å². The van der Waals surface area contributed by atoms with E-state index in [1.165, 1.54) is 26.2 Å². The second kappa shape index (κ2) is 15.2. The number of carbonyl (C=O) groups is 3. The molecule has 5 aliphatic rings. The molecule has 326 valence electrons. The van der Waals surface area contributed by atoms with E-state index in [9.17, 15) is 28.0 Å². The molecule has 63 heavy (non-hydrogen) atoms. The average molecular weight is 861 g/mol. The molecule has 0 radical (unpaired) electrons. The highest BCUT2D eigenvalue weighted by molar-refractivity contribution is 6.08. The summed E-state index contributed by atoms with van der Waals surface area (Å²) in [6.45, 7) is 6.64. The van der Waals surface area contributed by atoms with Crippen LogP contribution in [0.3, 0.4) is 0 Å². The highest BCUT2D eigenvalue weighted by atomic mass is 19.3. The molecule has 17 nitrogen and oxygen atoms in total. The number of anilines is 2.